The number of nitriles is 1. The Morgan fingerprint density at radius 1 is 0.500 bits per heavy atom. The smallest absolute Gasteiger partial charge is 0.101 e. The van der Waals surface area contributed by atoms with Crippen molar-refractivity contribution in [1.29, 1.82) is 5.26 Å². The lowest BCUT2D eigenvalue weighted by Crippen LogP contribution is -2.00. The Labute approximate surface area is 235 Å². The topological polar surface area (TPSA) is 28.7 Å². The second-order valence-electron chi connectivity index (χ2n) is 10.1. The molecule has 0 saturated carbocycles. The van der Waals surface area contributed by atoms with Crippen LogP contribution in [0.1, 0.15) is 5.56 Å². The van der Waals surface area contributed by atoms with E-state index in [2.05, 4.69) is 132 Å². The second-order valence-corrected chi connectivity index (χ2v) is 11.2. The standard InChI is InChI=1S/C37H22N2S/c38-23-27-11-8-15-28(37(27)39-33-16-4-1-12-29(33)30-13-2-5-17-34(30)39)26-10-7-9-24(21-26)25-19-20-36-32(22-25)31-14-3-6-18-35(31)40-36/h1-22H. The van der Waals surface area contributed by atoms with E-state index in [0.717, 1.165) is 33.4 Å². The summed E-state index contributed by atoms with van der Waals surface area (Å²) in [4.78, 5) is 0. The Kier molecular flexibility index (Phi) is 5.10. The predicted molar refractivity (Wildman–Crippen MR) is 169 cm³/mol. The molecular formula is C37H22N2S. The summed E-state index contributed by atoms with van der Waals surface area (Å²) in [6.07, 6.45) is 0. The lowest BCUT2D eigenvalue weighted by Gasteiger charge is -2.16. The summed E-state index contributed by atoms with van der Waals surface area (Å²) >= 11 is 1.84. The van der Waals surface area contributed by atoms with Crippen molar-refractivity contribution in [2.75, 3.05) is 0 Å². The van der Waals surface area contributed by atoms with Crippen LogP contribution in [-0.2, 0) is 0 Å². The monoisotopic (exact) mass is 526 g/mol. The van der Waals surface area contributed by atoms with Gasteiger partial charge in [-0.25, -0.2) is 0 Å². The predicted octanol–water partition coefficient (Wildman–Crippen LogP) is 10.4. The molecule has 0 bridgehead atoms. The zero-order chi connectivity index (χ0) is 26.6. The third-order valence-corrected chi connectivity index (χ3v) is 9.00. The molecule has 0 aliphatic rings. The van der Waals surface area contributed by atoms with Crippen LogP contribution in [0.2, 0.25) is 0 Å². The van der Waals surface area contributed by atoms with Gasteiger partial charge in [0.2, 0.25) is 0 Å². The van der Waals surface area contributed by atoms with Crippen LogP contribution >= 0.6 is 11.3 Å². The van der Waals surface area contributed by atoms with E-state index in [0.29, 0.717) is 5.56 Å². The molecule has 3 heteroatoms. The molecule has 6 aromatic carbocycles. The average molecular weight is 527 g/mol. The largest absolute Gasteiger partial charge is 0.307 e. The minimum Gasteiger partial charge on any atom is -0.307 e. The van der Waals surface area contributed by atoms with Crippen molar-refractivity contribution in [3.05, 3.63) is 139 Å². The van der Waals surface area contributed by atoms with Crippen LogP contribution in [0.5, 0.6) is 0 Å². The first kappa shape index (κ1) is 22.8. The zero-order valence-electron chi connectivity index (χ0n) is 21.5. The van der Waals surface area contributed by atoms with Crippen LogP contribution < -0.4 is 0 Å². The second kappa shape index (κ2) is 8.95. The van der Waals surface area contributed by atoms with Gasteiger partial charge in [-0.15, -0.1) is 11.3 Å². The van der Waals surface area contributed by atoms with E-state index in [1.54, 1.807) is 0 Å². The van der Waals surface area contributed by atoms with Gasteiger partial charge in [0.25, 0.3) is 0 Å². The van der Waals surface area contributed by atoms with Crippen LogP contribution in [0.15, 0.2) is 133 Å². The molecule has 8 rings (SSSR count). The molecule has 0 radical (unpaired) electrons. The summed E-state index contributed by atoms with van der Waals surface area (Å²) in [6.45, 7) is 0. The Morgan fingerprint density at radius 2 is 1.12 bits per heavy atom. The van der Waals surface area contributed by atoms with E-state index >= 15 is 0 Å². The van der Waals surface area contributed by atoms with Crippen LogP contribution in [0.3, 0.4) is 0 Å². The third kappa shape index (κ3) is 3.41. The number of aromatic nitrogens is 1. The number of nitrogens with zero attached hydrogens (tertiary/aromatic N) is 2. The number of rotatable bonds is 3. The SMILES string of the molecule is N#Cc1cccc(-c2cccc(-c3ccc4sc5ccccc5c4c3)c2)c1-n1c2ccccc2c2ccccc21. The minimum absolute atomic E-state index is 0.653. The summed E-state index contributed by atoms with van der Waals surface area (Å²) in [6, 6.07) is 49.5. The van der Waals surface area contributed by atoms with E-state index in [1.165, 1.54) is 36.5 Å². The fourth-order valence-corrected chi connectivity index (χ4v) is 7.13. The Morgan fingerprint density at radius 3 is 1.90 bits per heavy atom. The summed E-state index contributed by atoms with van der Waals surface area (Å²) < 4.78 is 4.87. The maximum Gasteiger partial charge on any atom is 0.101 e. The van der Waals surface area contributed by atoms with Crippen LogP contribution in [-0.4, -0.2) is 4.57 Å². The van der Waals surface area contributed by atoms with Crippen molar-refractivity contribution in [2.45, 2.75) is 0 Å². The highest BCUT2D eigenvalue weighted by Crippen LogP contribution is 2.40. The Hall–Kier alpha value is -5.17. The number of hydrogen-bond acceptors (Lipinski definition) is 2. The molecule has 0 spiro atoms. The molecule has 40 heavy (non-hydrogen) atoms. The third-order valence-electron chi connectivity index (χ3n) is 7.84. The van der Waals surface area contributed by atoms with Crippen molar-refractivity contribution >= 4 is 53.3 Å². The van der Waals surface area contributed by atoms with Crippen molar-refractivity contribution in [3.63, 3.8) is 0 Å². The van der Waals surface area contributed by atoms with E-state index in [1.807, 2.05) is 23.5 Å². The maximum absolute atomic E-state index is 10.3. The zero-order valence-corrected chi connectivity index (χ0v) is 22.3. The highest BCUT2D eigenvalue weighted by molar-refractivity contribution is 7.25. The fourth-order valence-electron chi connectivity index (χ4n) is 6.04. The molecule has 0 amide bonds. The number of hydrogen-bond donors (Lipinski definition) is 0. The molecule has 0 aliphatic carbocycles. The Bertz CT molecular complexity index is 2240. The van der Waals surface area contributed by atoms with Crippen LogP contribution in [0, 0.1) is 11.3 Å². The molecule has 0 aliphatic heterocycles. The van der Waals surface area contributed by atoms with Gasteiger partial charge in [0.15, 0.2) is 0 Å². The number of thiophene rings is 1. The average Bonchev–Trinajstić information content (AvgIpc) is 3.56. The Balaban J connectivity index is 1.36. The minimum atomic E-state index is 0.653. The van der Waals surface area contributed by atoms with Gasteiger partial charge in [-0.05, 0) is 59.2 Å². The molecule has 0 atom stereocenters. The van der Waals surface area contributed by atoms with Gasteiger partial charge in [0.1, 0.15) is 6.07 Å². The molecule has 2 heterocycles. The first-order valence-electron chi connectivity index (χ1n) is 13.3. The van der Waals surface area contributed by atoms with Crippen molar-refractivity contribution < 1.29 is 0 Å². The van der Waals surface area contributed by atoms with Gasteiger partial charge < -0.3 is 4.57 Å². The molecule has 0 fully saturated rings. The summed E-state index contributed by atoms with van der Waals surface area (Å²) in [7, 11) is 0. The van der Waals surface area contributed by atoms with E-state index in [-0.39, 0.29) is 0 Å². The van der Waals surface area contributed by atoms with Crippen LogP contribution in [0.25, 0.3) is 69.9 Å². The van der Waals surface area contributed by atoms with Gasteiger partial charge in [-0.1, -0.05) is 91.0 Å². The van der Waals surface area contributed by atoms with Gasteiger partial charge >= 0.3 is 0 Å². The molecule has 2 aromatic heterocycles. The quantitative estimate of drug-likeness (QED) is 0.225. The van der Waals surface area contributed by atoms with Crippen LogP contribution in [0.4, 0.5) is 0 Å². The van der Waals surface area contributed by atoms with Crippen molar-refractivity contribution in [2.24, 2.45) is 0 Å². The first-order valence-corrected chi connectivity index (χ1v) is 14.2. The van der Waals surface area contributed by atoms with Crippen molar-refractivity contribution in [1.82, 2.24) is 4.57 Å². The van der Waals surface area contributed by atoms with Gasteiger partial charge in [-0.3, -0.25) is 0 Å². The summed E-state index contributed by atoms with van der Waals surface area (Å²) in [5.41, 5.74) is 8.23. The lowest BCUT2D eigenvalue weighted by molar-refractivity contribution is 1.17. The molecule has 186 valence electrons. The van der Waals surface area contributed by atoms with E-state index < -0.39 is 0 Å². The normalized spacial score (nSPS) is 11.5. The van der Waals surface area contributed by atoms with E-state index in [9.17, 15) is 5.26 Å². The number of fused-ring (bicyclic) bond motifs is 6. The molecule has 0 saturated heterocycles. The van der Waals surface area contributed by atoms with Crippen molar-refractivity contribution in [3.8, 4) is 34.0 Å². The molecule has 0 N–H and O–H groups in total. The summed E-state index contributed by atoms with van der Waals surface area (Å²) in [5, 5.41) is 15.2. The first-order chi connectivity index (χ1) is 19.8. The molecular weight excluding hydrogens is 504 g/mol. The maximum atomic E-state index is 10.3. The van der Waals surface area contributed by atoms with E-state index in [4.69, 9.17) is 0 Å². The molecule has 0 unspecified atom stereocenters. The number of benzene rings is 6. The number of para-hydroxylation sites is 3. The molecule has 8 aromatic rings. The fraction of sp³-hybridized carbons (Fsp3) is 0. The summed E-state index contributed by atoms with van der Waals surface area (Å²) in [5.74, 6) is 0. The lowest BCUT2D eigenvalue weighted by atomic mass is 9.95. The van der Waals surface area contributed by atoms with Gasteiger partial charge in [0, 0.05) is 36.5 Å². The van der Waals surface area contributed by atoms with Gasteiger partial charge in [-0.2, -0.15) is 5.26 Å². The van der Waals surface area contributed by atoms with Gasteiger partial charge in [0.05, 0.1) is 22.3 Å². The highest BCUT2D eigenvalue weighted by Gasteiger charge is 2.19. The molecule has 2 nitrogen and oxygen atoms in total. The highest BCUT2D eigenvalue weighted by atomic mass is 32.1.